The molecule has 0 spiro atoms. The molecule has 2 rings (SSSR count). The molecule has 0 saturated carbocycles. The number of halogens is 1. The summed E-state index contributed by atoms with van der Waals surface area (Å²) in [5, 5.41) is 10.1. The SMILES string of the molecule is CN/C=C(\C=N)c1cnc2cccc(F)c2n1. The Labute approximate surface area is 97.7 Å². The van der Waals surface area contributed by atoms with Crippen LogP contribution in [-0.2, 0) is 0 Å². The first kappa shape index (κ1) is 11.2. The van der Waals surface area contributed by atoms with Gasteiger partial charge in [-0.2, -0.15) is 0 Å². The van der Waals surface area contributed by atoms with Crippen molar-refractivity contribution in [2.45, 2.75) is 0 Å². The van der Waals surface area contributed by atoms with Crippen LogP contribution in [-0.4, -0.2) is 23.2 Å². The highest BCUT2D eigenvalue weighted by Crippen LogP contribution is 2.16. The van der Waals surface area contributed by atoms with Crippen LogP contribution >= 0.6 is 0 Å². The van der Waals surface area contributed by atoms with E-state index in [2.05, 4.69) is 15.3 Å². The van der Waals surface area contributed by atoms with Crippen molar-refractivity contribution in [2.75, 3.05) is 7.05 Å². The van der Waals surface area contributed by atoms with Gasteiger partial charge in [0.15, 0.2) is 5.82 Å². The zero-order valence-electron chi connectivity index (χ0n) is 9.24. The fourth-order valence-electron chi connectivity index (χ4n) is 1.48. The Balaban J connectivity index is 2.61. The average Bonchev–Trinajstić information content (AvgIpc) is 2.36. The Hall–Kier alpha value is -2.30. The van der Waals surface area contributed by atoms with Gasteiger partial charge in [0.05, 0.1) is 17.4 Å². The highest BCUT2D eigenvalue weighted by atomic mass is 19.1. The van der Waals surface area contributed by atoms with Crippen molar-refractivity contribution in [3.63, 3.8) is 0 Å². The van der Waals surface area contributed by atoms with Crippen molar-refractivity contribution >= 4 is 22.8 Å². The van der Waals surface area contributed by atoms with Crippen molar-refractivity contribution in [1.82, 2.24) is 15.3 Å². The molecule has 0 bridgehead atoms. The number of benzene rings is 1. The molecule has 0 saturated heterocycles. The first-order valence-electron chi connectivity index (χ1n) is 5.06. The molecular formula is C12H11FN4. The molecule has 2 aromatic rings. The number of hydrogen-bond acceptors (Lipinski definition) is 4. The molecule has 1 aromatic heterocycles. The van der Waals surface area contributed by atoms with E-state index in [1.807, 2.05) is 0 Å². The van der Waals surface area contributed by atoms with E-state index in [1.165, 1.54) is 12.3 Å². The predicted molar refractivity (Wildman–Crippen MR) is 65.3 cm³/mol. The predicted octanol–water partition coefficient (Wildman–Crippen LogP) is 1.98. The van der Waals surface area contributed by atoms with E-state index in [1.54, 1.807) is 25.4 Å². The Morgan fingerprint density at radius 2 is 2.29 bits per heavy atom. The number of aromatic nitrogens is 2. The Bertz CT molecular complexity index is 592. The molecular weight excluding hydrogens is 219 g/mol. The molecule has 0 fully saturated rings. The minimum atomic E-state index is -0.411. The Morgan fingerprint density at radius 1 is 1.47 bits per heavy atom. The van der Waals surface area contributed by atoms with Gasteiger partial charge in [-0.25, -0.2) is 9.37 Å². The van der Waals surface area contributed by atoms with E-state index in [-0.39, 0.29) is 5.52 Å². The van der Waals surface area contributed by atoms with Crippen LogP contribution in [0.3, 0.4) is 0 Å². The molecule has 0 radical (unpaired) electrons. The number of nitrogens with zero attached hydrogens (tertiary/aromatic N) is 2. The maximum atomic E-state index is 13.5. The monoisotopic (exact) mass is 230 g/mol. The highest BCUT2D eigenvalue weighted by molar-refractivity contribution is 6.07. The van der Waals surface area contributed by atoms with Gasteiger partial charge < -0.3 is 10.7 Å². The summed E-state index contributed by atoms with van der Waals surface area (Å²) in [5.41, 5.74) is 1.73. The molecule has 1 aromatic carbocycles. The van der Waals surface area contributed by atoms with E-state index < -0.39 is 5.82 Å². The van der Waals surface area contributed by atoms with Crippen molar-refractivity contribution in [2.24, 2.45) is 0 Å². The summed E-state index contributed by atoms with van der Waals surface area (Å²) in [7, 11) is 1.72. The van der Waals surface area contributed by atoms with Gasteiger partial charge >= 0.3 is 0 Å². The molecule has 1 heterocycles. The maximum absolute atomic E-state index is 13.5. The Kier molecular flexibility index (Phi) is 3.09. The molecule has 0 aliphatic rings. The van der Waals surface area contributed by atoms with Crippen molar-refractivity contribution in [1.29, 1.82) is 5.41 Å². The van der Waals surface area contributed by atoms with E-state index in [4.69, 9.17) is 5.41 Å². The Morgan fingerprint density at radius 3 is 3.00 bits per heavy atom. The third kappa shape index (κ3) is 2.13. The van der Waals surface area contributed by atoms with Crippen molar-refractivity contribution < 1.29 is 4.39 Å². The number of hydrogen-bond donors (Lipinski definition) is 2. The number of rotatable bonds is 3. The zero-order chi connectivity index (χ0) is 12.3. The number of allylic oxidation sites excluding steroid dienone is 1. The third-order valence-electron chi connectivity index (χ3n) is 2.27. The third-order valence-corrected chi connectivity index (χ3v) is 2.27. The normalized spacial score (nSPS) is 11.5. The van der Waals surface area contributed by atoms with Crippen LogP contribution in [0, 0.1) is 11.2 Å². The number of para-hydroxylation sites is 1. The molecule has 5 heteroatoms. The fraction of sp³-hybridized carbons (Fsp3) is 0.0833. The summed E-state index contributed by atoms with van der Waals surface area (Å²) < 4.78 is 13.5. The van der Waals surface area contributed by atoms with Crippen LogP contribution in [0.25, 0.3) is 16.6 Å². The largest absolute Gasteiger partial charge is 0.393 e. The van der Waals surface area contributed by atoms with Crippen LogP contribution in [0.2, 0.25) is 0 Å². The van der Waals surface area contributed by atoms with E-state index in [0.717, 1.165) is 6.21 Å². The van der Waals surface area contributed by atoms with Gasteiger partial charge in [-0.15, -0.1) is 0 Å². The van der Waals surface area contributed by atoms with Gasteiger partial charge in [-0.3, -0.25) is 4.98 Å². The standard InChI is InChI=1S/C12H11FN4/c1-15-6-8(5-14)11-7-16-10-4-2-3-9(13)12(10)17-11/h2-7,14-15H,1H3/b8-6+,14-5?. The lowest BCUT2D eigenvalue weighted by molar-refractivity contribution is 0.636. The summed E-state index contributed by atoms with van der Waals surface area (Å²) in [6, 6.07) is 4.63. The second kappa shape index (κ2) is 4.69. The average molecular weight is 230 g/mol. The first-order chi connectivity index (χ1) is 8.26. The molecule has 0 atom stereocenters. The van der Waals surface area contributed by atoms with Gasteiger partial charge in [0.2, 0.25) is 0 Å². The first-order valence-corrected chi connectivity index (χ1v) is 5.06. The molecule has 2 N–H and O–H groups in total. The minimum absolute atomic E-state index is 0.217. The quantitative estimate of drug-likeness (QED) is 0.792. The van der Waals surface area contributed by atoms with Crippen molar-refractivity contribution in [3.05, 3.63) is 42.1 Å². The second-order valence-corrected chi connectivity index (χ2v) is 3.40. The number of nitrogens with one attached hydrogen (secondary N) is 2. The summed E-state index contributed by atoms with van der Waals surface area (Å²) >= 11 is 0. The molecule has 17 heavy (non-hydrogen) atoms. The number of fused-ring (bicyclic) bond motifs is 1. The lowest BCUT2D eigenvalue weighted by Gasteiger charge is -2.03. The van der Waals surface area contributed by atoms with Gasteiger partial charge in [0.25, 0.3) is 0 Å². The lowest BCUT2D eigenvalue weighted by atomic mass is 10.2. The van der Waals surface area contributed by atoms with Gasteiger partial charge in [-0.1, -0.05) is 6.07 Å². The molecule has 0 aliphatic carbocycles. The second-order valence-electron chi connectivity index (χ2n) is 3.40. The topological polar surface area (TPSA) is 61.7 Å². The van der Waals surface area contributed by atoms with Gasteiger partial charge in [-0.05, 0) is 12.1 Å². The fourth-order valence-corrected chi connectivity index (χ4v) is 1.48. The van der Waals surface area contributed by atoms with Crippen LogP contribution in [0.1, 0.15) is 5.69 Å². The van der Waals surface area contributed by atoms with Crippen LogP contribution in [0.4, 0.5) is 4.39 Å². The summed E-state index contributed by atoms with van der Waals surface area (Å²) in [5.74, 6) is -0.411. The smallest absolute Gasteiger partial charge is 0.151 e. The molecule has 4 nitrogen and oxygen atoms in total. The maximum Gasteiger partial charge on any atom is 0.151 e. The minimum Gasteiger partial charge on any atom is -0.393 e. The molecule has 0 amide bonds. The highest BCUT2D eigenvalue weighted by Gasteiger charge is 2.06. The molecule has 86 valence electrons. The summed E-state index contributed by atoms with van der Waals surface area (Å²) in [6.45, 7) is 0. The van der Waals surface area contributed by atoms with E-state index >= 15 is 0 Å². The molecule has 0 unspecified atom stereocenters. The van der Waals surface area contributed by atoms with Gasteiger partial charge in [0.1, 0.15) is 5.52 Å². The van der Waals surface area contributed by atoms with E-state index in [9.17, 15) is 4.39 Å². The van der Waals surface area contributed by atoms with Crippen LogP contribution in [0.15, 0.2) is 30.6 Å². The van der Waals surface area contributed by atoms with Crippen molar-refractivity contribution in [3.8, 4) is 0 Å². The van der Waals surface area contributed by atoms with Crippen LogP contribution in [0.5, 0.6) is 0 Å². The summed E-state index contributed by atoms with van der Waals surface area (Å²) in [6.07, 6.45) is 4.28. The van der Waals surface area contributed by atoms with Crippen LogP contribution < -0.4 is 5.32 Å². The zero-order valence-corrected chi connectivity index (χ0v) is 9.24. The van der Waals surface area contributed by atoms with E-state index in [0.29, 0.717) is 16.8 Å². The molecule has 0 aliphatic heterocycles. The lowest BCUT2D eigenvalue weighted by Crippen LogP contribution is -2.00. The summed E-state index contributed by atoms with van der Waals surface area (Å²) in [4.78, 5) is 8.29. The van der Waals surface area contributed by atoms with Gasteiger partial charge in [0, 0.05) is 25.0 Å².